The third kappa shape index (κ3) is 2.69. The van der Waals surface area contributed by atoms with Crippen LogP contribution < -0.4 is 0 Å². The summed E-state index contributed by atoms with van der Waals surface area (Å²) >= 11 is 11.6. The van der Waals surface area contributed by atoms with Crippen LogP contribution in [-0.2, 0) is 9.84 Å². The monoisotopic (exact) mass is 282 g/mol. The zero-order valence-corrected chi connectivity index (χ0v) is 11.1. The van der Waals surface area contributed by atoms with Gasteiger partial charge in [0, 0.05) is 11.3 Å². The van der Waals surface area contributed by atoms with Crippen LogP contribution in [0.2, 0.25) is 5.02 Å². The van der Waals surface area contributed by atoms with Crippen LogP contribution in [0, 0.1) is 0 Å². The van der Waals surface area contributed by atoms with Crippen molar-refractivity contribution in [3.63, 3.8) is 0 Å². The van der Waals surface area contributed by atoms with Gasteiger partial charge in [-0.2, -0.15) is 0 Å². The first-order chi connectivity index (χ1) is 7.16. The summed E-state index contributed by atoms with van der Waals surface area (Å²) in [6.45, 7) is 1.26. The third-order valence-electron chi connectivity index (χ3n) is 2.38. The minimum absolute atomic E-state index is 0.371. The molecule has 2 atom stereocenters. The summed E-state index contributed by atoms with van der Waals surface area (Å²) in [5.41, 5.74) is 0.371. The molecule has 1 aromatic carbocycles. The molecule has 0 aliphatic carbocycles. The lowest BCUT2D eigenvalue weighted by atomic mass is 10.1. The maximum absolute atomic E-state index is 11.4. The second kappa shape index (κ2) is 4.53. The van der Waals surface area contributed by atoms with E-state index in [2.05, 4.69) is 0 Å². The summed E-state index contributed by atoms with van der Waals surface area (Å²) in [6, 6.07) is 6.31. The number of rotatable bonds is 3. The van der Waals surface area contributed by atoms with Gasteiger partial charge < -0.3 is 5.11 Å². The van der Waals surface area contributed by atoms with E-state index >= 15 is 0 Å². The van der Waals surface area contributed by atoms with Crippen molar-refractivity contribution in [2.45, 2.75) is 17.2 Å². The minimum Gasteiger partial charge on any atom is -0.385 e. The average molecular weight is 283 g/mol. The maximum atomic E-state index is 11.4. The van der Waals surface area contributed by atoms with Crippen LogP contribution in [0.1, 0.15) is 18.6 Å². The molecular formula is C10H12Cl2O3S. The minimum atomic E-state index is -3.59. The first-order valence-electron chi connectivity index (χ1n) is 4.48. The van der Waals surface area contributed by atoms with E-state index < -0.39 is 20.1 Å². The van der Waals surface area contributed by atoms with Gasteiger partial charge >= 0.3 is 0 Å². The van der Waals surface area contributed by atoms with Gasteiger partial charge in [0.25, 0.3) is 0 Å². The number of hydrogen-bond acceptors (Lipinski definition) is 3. The van der Waals surface area contributed by atoms with Gasteiger partial charge in [-0.15, -0.1) is 0 Å². The first-order valence-corrected chi connectivity index (χ1v) is 7.13. The molecule has 0 amide bonds. The molecule has 1 N–H and O–H groups in total. The van der Waals surface area contributed by atoms with Crippen molar-refractivity contribution in [3.05, 3.63) is 34.9 Å². The molecule has 3 nitrogen and oxygen atoms in total. The van der Waals surface area contributed by atoms with Gasteiger partial charge in [-0.1, -0.05) is 35.3 Å². The lowest BCUT2D eigenvalue weighted by Gasteiger charge is -2.26. The Kier molecular flexibility index (Phi) is 3.90. The zero-order chi connectivity index (χ0) is 12.6. The Morgan fingerprint density at radius 3 is 2.44 bits per heavy atom. The Hall–Kier alpha value is -0.290. The molecule has 16 heavy (non-hydrogen) atoms. The summed E-state index contributed by atoms with van der Waals surface area (Å²) < 4.78 is 21.1. The Morgan fingerprint density at radius 2 is 2.00 bits per heavy atom. The smallest absolute Gasteiger partial charge is 0.172 e. The van der Waals surface area contributed by atoms with E-state index in [9.17, 15) is 13.5 Å². The predicted octanol–water partition coefficient (Wildman–Crippen LogP) is 2.37. The van der Waals surface area contributed by atoms with E-state index in [1.165, 1.54) is 13.0 Å². The molecule has 0 fully saturated rings. The summed E-state index contributed by atoms with van der Waals surface area (Å²) in [5, 5.41) is 10.4. The molecule has 0 spiro atoms. The molecule has 90 valence electrons. The fourth-order valence-electron chi connectivity index (χ4n) is 1.18. The van der Waals surface area contributed by atoms with E-state index in [0.717, 1.165) is 6.26 Å². The van der Waals surface area contributed by atoms with Crippen molar-refractivity contribution in [2.75, 3.05) is 6.26 Å². The van der Waals surface area contributed by atoms with Crippen LogP contribution in [0.3, 0.4) is 0 Å². The highest BCUT2D eigenvalue weighted by atomic mass is 35.5. The van der Waals surface area contributed by atoms with E-state index in [0.29, 0.717) is 10.6 Å². The number of hydrogen-bond donors (Lipinski definition) is 1. The van der Waals surface area contributed by atoms with Crippen LogP contribution in [-0.4, -0.2) is 24.0 Å². The van der Waals surface area contributed by atoms with Crippen LogP contribution in [0.25, 0.3) is 0 Å². The first kappa shape index (κ1) is 13.8. The van der Waals surface area contributed by atoms with Gasteiger partial charge in [-0.25, -0.2) is 8.42 Å². The highest BCUT2D eigenvalue weighted by Crippen LogP contribution is 2.36. The molecule has 0 saturated heterocycles. The number of sulfone groups is 1. The van der Waals surface area contributed by atoms with Gasteiger partial charge in [0.05, 0.1) is 0 Å². The van der Waals surface area contributed by atoms with Crippen LogP contribution in [0.5, 0.6) is 0 Å². The number of aliphatic hydroxyl groups excluding tert-OH is 1. The lowest BCUT2D eigenvalue weighted by molar-refractivity contribution is 0.163. The zero-order valence-electron chi connectivity index (χ0n) is 8.81. The van der Waals surface area contributed by atoms with Crippen LogP contribution in [0.4, 0.5) is 0 Å². The molecule has 0 aromatic heterocycles. The Bertz CT molecular complexity index is 483. The molecule has 0 aliphatic rings. The number of aliphatic hydroxyl groups is 1. The van der Waals surface area contributed by atoms with Crippen molar-refractivity contribution >= 4 is 33.0 Å². The standard InChI is InChI=1S/C10H12Cl2O3S/c1-10(12,16(2,14)15)9(13)7-4-3-5-8(11)6-7/h3-6,9,13H,1-2H3/t9-,10-/m1/s1. The second-order valence-electron chi connectivity index (χ2n) is 3.72. The topological polar surface area (TPSA) is 54.4 Å². The lowest BCUT2D eigenvalue weighted by Crippen LogP contribution is -2.35. The Balaban J connectivity index is 3.17. The highest BCUT2D eigenvalue weighted by Gasteiger charge is 2.41. The molecule has 6 heteroatoms. The summed E-state index contributed by atoms with van der Waals surface area (Å²) in [7, 11) is -3.59. The van der Waals surface area contributed by atoms with Crippen molar-refractivity contribution in [2.24, 2.45) is 0 Å². The quantitative estimate of drug-likeness (QED) is 0.866. The normalized spacial score (nSPS) is 17.8. The van der Waals surface area contributed by atoms with Crippen LogP contribution in [0.15, 0.2) is 24.3 Å². The fourth-order valence-corrected chi connectivity index (χ4v) is 2.04. The van der Waals surface area contributed by atoms with E-state index in [1.54, 1.807) is 18.2 Å². The molecule has 0 saturated carbocycles. The molecule has 0 bridgehead atoms. The number of halogens is 2. The van der Waals surface area contributed by atoms with Gasteiger partial charge in [-0.3, -0.25) is 0 Å². The highest BCUT2D eigenvalue weighted by molar-refractivity contribution is 7.93. The average Bonchev–Trinajstić information content (AvgIpc) is 2.14. The molecular weight excluding hydrogens is 271 g/mol. The van der Waals surface area contributed by atoms with E-state index in [1.807, 2.05) is 0 Å². The molecule has 1 aromatic rings. The number of benzene rings is 1. The summed E-state index contributed by atoms with van der Waals surface area (Å²) in [5.74, 6) is 0. The van der Waals surface area contributed by atoms with E-state index in [4.69, 9.17) is 23.2 Å². The fraction of sp³-hybridized carbons (Fsp3) is 0.400. The molecule has 0 radical (unpaired) electrons. The van der Waals surface area contributed by atoms with E-state index in [-0.39, 0.29) is 0 Å². The van der Waals surface area contributed by atoms with Gasteiger partial charge in [0.15, 0.2) is 14.0 Å². The second-order valence-corrected chi connectivity index (χ2v) is 7.55. The van der Waals surface area contributed by atoms with Gasteiger partial charge in [-0.05, 0) is 24.6 Å². The third-order valence-corrected chi connectivity index (χ3v) is 5.33. The van der Waals surface area contributed by atoms with Crippen molar-refractivity contribution in [1.82, 2.24) is 0 Å². The van der Waals surface area contributed by atoms with Gasteiger partial charge in [0.2, 0.25) is 0 Å². The van der Waals surface area contributed by atoms with Gasteiger partial charge in [0.1, 0.15) is 6.10 Å². The number of alkyl halides is 1. The molecule has 1 rings (SSSR count). The Morgan fingerprint density at radius 1 is 1.44 bits per heavy atom. The predicted molar refractivity (Wildman–Crippen MR) is 65.5 cm³/mol. The molecule has 0 unspecified atom stereocenters. The maximum Gasteiger partial charge on any atom is 0.172 e. The van der Waals surface area contributed by atoms with Crippen molar-refractivity contribution in [1.29, 1.82) is 0 Å². The van der Waals surface area contributed by atoms with Crippen molar-refractivity contribution in [3.8, 4) is 0 Å². The van der Waals surface area contributed by atoms with Crippen LogP contribution >= 0.6 is 23.2 Å². The molecule has 0 heterocycles. The summed E-state index contributed by atoms with van der Waals surface area (Å²) in [6.07, 6.45) is -0.351. The van der Waals surface area contributed by atoms with Crippen molar-refractivity contribution < 1.29 is 13.5 Å². The molecule has 0 aliphatic heterocycles. The Labute approximate surface area is 105 Å². The SMILES string of the molecule is C[C@](Cl)([C@H](O)c1cccc(Cl)c1)S(C)(=O)=O. The summed E-state index contributed by atoms with van der Waals surface area (Å²) in [4.78, 5) is 0. The largest absolute Gasteiger partial charge is 0.385 e.